The van der Waals surface area contributed by atoms with Crippen molar-refractivity contribution in [3.05, 3.63) is 0 Å². The summed E-state index contributed by atoms with van der Waals surface area (Å²) in [5.41, 5.74) is 0. The van der Waals surface area contributed by atoms with E-state index in [1.165, 1.54) is 0 Å². The first-order valence-electron chi connectivity index (χ1n) is 3.27. The highest BCUT2D eigenvalue weighted by atomic mass is 17.2. The summed E-state index contributed by atoms with van der Waals surface area (Å²) in [6.45, 7) is 3.17. The van der Waals surface area contributed by atoms with Gasteiger partial charge in [-0.15, -0.1) is 0 Å². The fraction of sp³-hybridized carbons (Fsp3) is 0.500. The first-order valence-corrected chi connectivity index (χ1v) is 3.27. The maximum atomic E-state index is 10.4. The maximum absolute atomic E-state index is 10.4. The first-order chi connectivity index (χ1) is 5.91. The van der Waals surface area contributed by atoms with Gasteiger partial charge >= 0.3 is 17.9 Å². The largest absolute Gasteiger partial charge is 0.329 e. The van der Waals surface area contributed by atoms with E-state index in [0.717, 1.165) is 20.8 Å². The Labute approximate surface area is 82.3 Å². The van der Waals surface area contributed by atoms with Gasteiger partial charge in [-0.25, -0.2) is 0 Å². The van der Waals surface area contributed by atoms with E-state index in [9.17, 15) is 14.4 Å². The van der Waals surface area contributed by atoms with Gasteiger partial charge in [-0.3, -0.25) is 14.4 Å². The predicted molar refractivity (Wildman–Crippen MR) is 42.9 cm³/mol. The molecule has 3 radical (unpaired) electrons. The Balaban J connectivity index is 0. The van der Waals surface area contributed by atoms with E-state index in [1.54, 1.807) is 0 Å². The van der Waals surface area contributed by atoms with E-state index in [4.69, 9.17) is 0 Å². The summed E-state index contributed by atoms with van der Waals surface area (Å²) >= 11 is 0. The Kier molecular flexibility index (Phi) is 7.36. The molecule has 0 aromatic carbocycles. The molecule has 0 aliphatic rings. The Morgan fingerprint density at radius 2 is 1.00 bits per heavy atom. The third-order valence-electron chi connectivity index (χ3n) is 0.609. The first kappa shape index (κ1) is 14.9. The van der Waals surface area contributed by atoms with Crippen molar-refractivity contribution in [3.8, 4) is 0 Å². The van der Waals surface area contributed by atoms with Crippen LogP contribution in [-0.4, -0.2) is 31.7 Å². The molecule has 8 heteroatoms. The topological polar surface area (TPSA) is 82.1 Å². The zero-order valence-electron chi connectivity index (χ0n) is 7.97. The van der Waals surface area contributed by atoms with E-state index in [1.807, 2.05) is 0 Å². The van der Waals surface area contributed by atoms with Gasteiger partial charge in [0.25, 0.3) is 0 Å². The molecule has 7 nitrogen and oxygen atoms in total. The van der Waals surface area contributed by atoms with Gasteiger partial charge in [-0.2, -0.15) is 0 Å². The van der Waals surface area contributed by atoms with Crippen LogP contribution >= 0.6 is 0 Å². The minimum absolute atomic E-state index is 0. The molecule has 0 N–H and O–H groups in total. The molecule has 0 aliphatic heterocycles. The van der Waals surface area contributed by atoms with E-state index in [2.05, 4.69) is 14.5 Å². The van der Waals surface area contributed by atoms with E-state index in [0.29, 0.717) is 0 Å². The lowest BCUT2D eigenvalue weighted by molar-refractivity contribution is -0.462. The molecule has 0 saturated heterocycles. The third kappa shape index (κ3) is 8.53. The van der Waals surface area contributed by atoms with Crippen molar-refractivity contribution in [2.75, 3.05) is 0 Å². The lowest BCUT2D eigenvalue weighted by Gasteiger charge is -2.13. The Bertz CT molecular complexity index is 192. The SMILES string of the molecule is CC(=O)ON(OC(C)=O)OC(C)=O.[B]. The van der Waals surface area contributed by atoms with Gasteiger partial charge in [0, 0.05) is 29.2 Å². The van der Waals surface area contributed by atoms with Crippen LogP contribution in [0.1, 0.15) is 20.8 Å². The Morgan fingerprint density at radius 3 is 1.14 bits per heavy atom. The molecule has 0 aromatic heterocycles. The highest BCUT2D eigenvalue weighted by Crippen LogP contribution is 1.96. The molecule has 0 heterocycles. The van der Waals surface area contributed by atoms with Gasteiger partial charge in [0.2, 0.25) is 5.39 Å². The minimum atomic E-state index is -0.789. The molecular formula is C6H9BNO6. The molecule has 0 rings (SSSR count). The molecule has 0 fully saturated rings. The van der Waals surface area contributed by atoms with Crippen LogP contribution < -0.4 is 0 Å². The summed E-state index contributed by atoms with van der Waals surface area (Å²) in [6, 6.07) is 0. The summed E-state index contributed by atoms with van der Waals surface area (Å²) in [6.07, 6.45) is 0. The minimum Gasteiger partial charge on any atom is -0.301 e. The standard InChI is InChI=1S/C6H9NO6.B/c1-4(8)11-7(12-5(2)9)13-6(3)10;/h1-3H3;. The lowest BCUT2D eigenvalue weighted by atomic mass is 10.8. The summed E-state index contributed by atoms with van der Waals surface area (Å²) in [5.74, 6) is -2.37. The Hall–Kier alpha value is -1.57. The maximum Gasteiger partial charge on any atom is 0.329 e. The molecule has 0 spiro atoms. The number of carbonyl (C=O) groups is 3. The van der Waals surface area contributed by atoms with Crippen LogP contribution in [0.4, 0.5) is 0 Å². The second-order valence-corrected chi connectivity index (χ2v) is 1.97. The van der Waals surface area contributed by atoms with Crippen LogP contribution in [0.15, 0.2) is 0 Å². The van der Waals surface area contributed by atoms with Crippen molar-refractivity contribution >= 4 is 26.3 Å². The van der Waals surface area contributed by atoms with Crippen molar-refractivity contribution in [2.24, 2.45) is 0 Å². The quantitative estimate of drug-likeness (QED) is 0.443. The molecule has 0 aromatic rings. The van der Waals surface area contributed by atoms with Crippen molar-refractivity contribution < 1.29 is 28.9 Å². The van der Waals surface area contributed by atoms with Crippen molar-refractivity contribution in [1.29, 1.82) is 0 Å². The highest BCUT2D eigenvalue weighted by Gasteiger charge is 2.16. The summed E-state index contributed by atoms with van der Waals surface area (Å²) in [5, 5.41) is 0.0486. The van der Waals surface area contributed by atoms with Crippen LogP contribution in [0.5, 0.6) is 0 Å². The second kappa shape index (κ2) is 6.90. The number of hydrogen-bond acceptors (Lipinski definition) is 7. The number of nitrogens with zero attached hydrogens (tertiary/aromatic N) is 1. The highest BCUT2D eigenvalue weighted by molar-refractivity contribution is 5.75. The average molecular weight is 202 g/mol. The molecule has 0 atom stereocenters. The van der Waals surface area contributed by atoms with Crippen molar-refractivity contribution in [2.45, 2.75) is 20.8 Å². The van der Waals surface area contributed by atoms with Gasteiger partial charge in [-0.1, -0.05) is 0 Å². The fourth-order valence-corrected chi connectivity index (χ4v) is 0.371. The fourth-order valence-electron chi connectivity index (χ4n) is 0.371. The molecule has 0 unspecified atom stereocenters. The normalized spacial score (nSPS) is 8.57. The van der Waals surface area contributed by atoms with Crippen LogP contribution in [-0.2, 0) is 28.9 Å². The zero-order chi connectivity index (χ0) is 10.4. The third-order valence-corrected chi connectivity index (χ3v) is 0.609. The van der Waals surface area contributed by atoms with E-state index >= 15 is 0 Å². The van der Waals surface area contributed by atoms with Crippen LogP contribution in [0.2, 0.25) is 0 Å². The molecule has 0 aliphatic carbocycles. The summed E-state index contributed by atoms with van der Waals surface area (Å²) in [7, 11) is 0. The monoisotopic (exact) mass is 202 g/mol. The van der Waals surface area contributed by atoms with E-state index in [-0.39, 0.29) is 13.8 Å². The summed E-state index contributed by atoms with van der Waals surface area (Å²) < 4.78 is 0. The van der Waals surface area contributed by atoms with Gasteiger partial charge in [0.05, 0.1) is 0 Å². The number of carbonyl (C=O) groups excluding carboxylic acids is 3. The number of rotatable bonds is 3. The summed E-state index contributed by atoms with van der Waals surface area (Å²) in [4.78, 5) is 43.7. The average Bonchev–Trinajstić information content (AvgIpc) is 1.80. The van der Waals surface area contributed by atoms with Gasteiger partial charge in [0.1, 0.15) is 0 Å². The Morgan fingerprint density at radius 1 is 0.786 bits per heavy atom. The lowest BCUT2D eigenvalue weighted by Crippen LogP contribution is -2.30. The van der Waals surface area contributed by atoms with Crippen molar-refractivity contribution in [1.82, 2.24) is 5.39 Å². The van der Waals surface area contributed by atoms with Crippen LogP contribution in [0.25, 0.3) is 0 Å². The van der Waals surface area contributed by atoms with E-state index < -0.39 is 17.9 Å². The van der Waals surface area contributed by atoms with Gasteiger partial charge in [-0.05, 0) is 0 Å². The molecule has 0 saturated carbocycles. The van der Waals surface area contributed by atoms with Crippen LogP contribution in [0.3, 0.4) is 0 Å². The predicted octanol–water partition coefficient (Wildman–Crippen LogP) is -0.658. The molecule has 14 heavy (non-hydrogen) atoms. The molecular weight excluding hydrogens is 193 g/mol. The zero-order valence-corrected chi connectivity index (χ0v) is 7.97. The van der Waals surface area contributed by atoms with Gasteiger partial charge in [0.15, 0.2) is 0 Å². The smallest absolute Gasteiger partial charge is 0.301 e. The molecule has 0 amide bonds. The molecule has 0 bridgehead atoms. The van der Waals surface area contributed by atoms with Gasteiger partial charge < -0.3 is 14.5 Å². The van der Waals surface area contributed by atoms with Crippen LogP contribution in [0, 0.1) is 0 Å². The number of hydrogen-bond donors (Lipinski definition) is 0. The second-order valence-electron chi connectivity index (χ2n) is 1.97. The van der Waals surface area contributed by atoms with Crippen molar-refractivity contribution in [3.63, 3.8) is 0 Å². The molecule has 77 valence electrons.